The molecule has 0 saturated heterocycles. The molecular formula is C19H24N2O3S. The van der Waals surface area contributed by atoms with Gasteiger partial charge in [0.05, 0.1) is 10.6 Å². The minimum Gasteiger partial charge on any atom is -0.350 e. The first-order chi connectivity index (χ1) is 11.8. The van der Waals surface area contributed by atoms with Crippen LogP contribution >= 0.6 is 0 Å². The molecular weight excluding hydrogens is 336 g/mol. The molecule has 0 aliphatic rings. The zero-order valence-corrected chi connectivity index (χ0v) is 15.8. The van der Waals surface area contributed by atoms with E-state index in [1.54, 1.807) is 48.5 Å². The van der Waals surface area contributed by atoms with Crippen LogP contribution in [0.3, 0.4) is 0 Å². The highest BCUT2D eigenvalue weighted by Crippen LogP contribution is 2.22. The molecule has 1 N–H and O–H groups in total. The number of benzene rings is 2. The average molecular weight is 360 g/mol. The molecule has 6 heteroatoms. The van der Waals surface area contributed by atoms with Gasteiger partial charge in [-0.15, -0.1) is 0 Å². The molecule has 0 radical (unpaired) electrons. The normalized spacial score (nSPS) is 12.5. The lowest BCUT2D eigenvalue weighted by molar-refractivity contribution is 0.0939. The van der Waals surface area contributed by atoms with Crippen molar-refractivity contribution < 1.29 is 13.2 Å². The third-order valence-corrected chi connectivity index (χ3v) is 5.96. The summed E-state index contributed by atoms with van der Waals surface area (Å²) in [6.45, 7) is 5.84. The number of hydrogen-bond donors (Lipinski definition) is 1. The van der Waals surface area contributed by atoms with Crippen LogP contribution in [0.5, 0.6) is 0 Å². The third kappa shape index (κ3) is 4.39. The van der Waals surface area contributed by atoms with Gasteiger partial charge in [0, 0.05) is 18.7 Å². The second-order valence-electron chi connectivity index (χ2n) is 6.12. The van der Waals surface area contributed by atoms with Gasteiger partial charge in [-0.05, 0) is 56.7 Å². The molecule has 5 nitrogen and oxygen atoms in total. The van der Waals surface area contributed by atoms with Gasteiger partial charge < -0.3 is 5.32 Å². The molecule has 2 aromatic carbocycles. The number of aryl methyl sites for hydroxylation is 1. The number of hydrogen-bond acceptors (Lipinski definition) is 3. The average Bonchev–Trinajstić information content (AvgIpc) is 2.61. The zero-order chi connectivity index (χ0) is 18.6. The maximum Gasteiger partial charge on any atom is 0.264 e. The van der Waals surface area contributed by atoms with Crippen molar-refractivity contribution in [3.63, 3.8) is 0 Å². The van der Waals surface area contributed by atoms with Gasteiger partial charge in [-0.25, -0.2) is 8.42 Å². The summed E-state index contributed by atoms with van der Waals surface area (Å²) in [7, 11) is -2.13. The molecule has 0 fully saturated rings. The summed E-state index contributed by atoms with van der Waals surface area (Å²) in [4.78, 5) is 12.3. The largest absolute Gasteiger partial charge is 0.350 e. The number of carbonyl (C=O) groups is 1. The standard InChI is InChI=1S/C19H24N2O3S/c1-5-15(3)20-19(22)16-8-10-17(11-9-16)21(4)25(23,24)18-12-6-14(2)7-13-18/h6-13,15H,5H2,1-4H3,(H,20,22)/t15-/m0/s1. The molecule has 134 valence electrons. The molecule has 1 atom stereocenters. The van der Waals surface area contributed by atoms with E-state index in [1.807, 2.05) is 20.8 Å². The number of anilines is 1. The highest BCUT2D eigenvalue weighted by atomic mass is 32.2. The second-order valence-corrected chi connectivity index (χ2v) is 8.08. The summed E-state index contributed by atoms with van der Waals surface area (Å²) in [6.07, 6.45) is 0.849. The minimum atomic E-state index is -3.63. The summed E-state index contributed by atoms with van der Waals surface area (Å²) in [5.41, 5.74) is 2.00. The van der Waals surface area contributed by atoms with Gasteiger partial charge in [0.2, 0.25) is 0 Å². The first kappa shape index (κ1) is 19.0. The Morgan fingerprint density at radius 2 is 1.64 bits per heavy atom. The number of rotatable bonds is 6. The SMILES string of the molecule is CC[C@H](C)NC(=O)c1ccc(N(C)S(=O)(=O)c2ccc(C)cc2)cc1. The van der Waals surface area contributed by atoms with Crippen molar-refractivity contribution in [2.24, 2.45) is 0 Å². The van der Waals surface area contributed by atoms with Crippen molar-refractivity contribution in [2.75, 3.05) is 11.4 Å². The van der Waals surface area contributed by atoms with Gasteiger partial charge in [0.15, 0.2) is 0 Å². The van der Waals surface area contributed by atoms with Crippen LogP contribution in [-0.4, -0.2) is 27.4 Å². The van der Waals surface area contributed by atoms with E-state index >= 15 is 0 Å². The lowest BCUT2D eigenvalue weighted by atomic mass is 10.1. The number of carbonyl (C=O) groups excluding carboxylic acids is 1. The molecule has 2 rings (SSSR count). The zero-order valence-electron chi connectivity index (χ0n) is 15.0. The lowest BCUT2D eigenvalue weighted by Gasteiger charge is -2.20. The Morgan fingerprint density at radius 3 is 2.16 bits per heavy atom. The van der Waals surface area contributed by atoms with Crippen LogP contribution in [-0.2, 0) is 10.0 Å². The Morgan fingerprint density at radius 1 is 1.08 bits per heavy atom. The Hall–Kier alpha value is -2.34. The van der Waals surface area contributed by atoms with E-state index < -0.39 is 10.0 Å². The van der Waals surface area contributed by atoms with Crippen LogP contribution in [0.25, 0.3) is 0 Å². The number of nitrogens with zero attached hydrogens (tertiary/aromatic N) is 1. The molecule has 0 aromatic heterocycles. The quantitative estimate of drug-likeness (QED) is 0.859. The van der Waals surface area contributed by atoms with E-state index in [0.717, 1.165) is 12.0 Å². The Bertz CT molecular complexity index is 828. The van der Waals surface area contributed by atoms with Crippen molar-refractivity contribution in [1.29, 1.82) is 0 Å². The summed E-state index contributed by atoms with van der Waals surface area (Å²) in [5.74, 6) is -0.162. The molecule has 25 heavy (non-hydrogen) atoms. The molecule has 0 unspecified atom stereocenters. The summed E-state index contributed by atoms with van der Waals surface area (Å²) in [6, 6.07) is 13.4. The maximum atomic E-state index is 12.7. The van der Waals surface area contributed by atoms with Gasteiger partial charge in [-0.1, -0.05) is 24.6 Å². The number of sulfonamides is 1. The first-order valence-electron chi connectivity index (χ1n) is 8.22. The lowest BCUT2D eigenvalue weighted by Crippen LogP contribution is -2.32. The van der Waals surface area contributed by atoms with E-state index in [4.69, 9.17) is 0 Å². The van der Waals surface area contributed by atoms with Gasteiger partial charge in [-0.2, -0.15) is 0 Å². The first-order valence-corrected chi connectivity index (χ1v) is 9.66. The van der Waals surface area contributed by atoms with Crippen molar-refractivity contribution in [2.45, 2.75) is 38.1 Å². The summed E-state index contributed by atoms with van der Waals surface area (Å²) in [5, 5.41) is 2.89. The van der Waals surface area contributed by atoms with E-state index in [9.17, 15) is 13.2 Å². The van der Waals surface area contributed by atoms with E-state index in [1.165, 1.54) is 11.4 Å². The molecule has 0 aliphatic carbocycles. The van der Waals surface area contributed by atoms with Crippen molar-refractivity contribution >= 4 is 21.6 Å². The van der Waals surface area contributed by atoms with Gasteiger partial charge >= 0.3 is 0 Å². The maximum absolute atomic E-state index is 12.7. The fourth-order valence-electron chi connectivity index (χ4n) is 2.24. The van der Waals surface area contributed by atoms with Crippen LogP contribution in [0.4, 0.5) is 5.69 Å². The predicted octanol–water partition coefficient (Wildman–Crippen LogP) is 3.35. The van der Waals surface area contributed by atoms with E-state index in [-0.39, 0.29) is 16.8 Å². The Balaban J connectivity index is 2.21. The molecule has 2 aromatic rings. The van der Waals surface area contributed by atoms with Crippen LogP contribution < -0.4 is 9.62 Å². The molecule has 0 heterocycles. The summed E-state index contributed by atoms with van der Waals surface area (Å²) >= 11 is 0. The molecule has 1 amide bonds. The van der Waals surface area contributed by atoms with E-state index in [2.05, 4.69) is 5.32 Å². The smallest absolute Gasteiger partial charge is 0.264 e. The molecule has 0 aliphatic heterocycles. The van der Waals surface area contributed by atoms with Crippen LogP contribution in [0.2, 0.25) is 0 Å². The predicted molar refractivity (Wildman–Crippen MR) is 100 cm³/mol. The highest BCUT2D eigenvalue weighted by molar-refractivity contribution is 7.92. The van der Waals surface area contributed by atoms with Gasteiger partial charge in [-0.3, -0.25) is 9.10 Å². The number of amides is 1. The monoisotopic (exact) mass is 360 g/mol. The van der Waals surface area contributed by atoms with Crippen LogP contribution in [0, 0.1) is 6.92 Å². The van der Waals surface area contributed by atoms with E-state index in [0.29, 0.717) is 11.3 Å². The number of nitrogens with one attached hydrogen (secondary N) is 1. The third-order valence-electron chi connectivity index (χ3n) is 4.16. The highest BCUT2D eigenvalue weighted by Gasteiger charge is 2.21. The molecule has 0 bridgehead atoms. The van der Waals surface area contributed by atoms with Crippen molar-refractivity contribution in [1.82, 2.24) is 5.32 Å². The van der Waals surface area contributed by atoms with Crippen LogP contribution in [0.1, 0.15) is 36.2 Å². The fraction of sp³-hybridized carbons (Fsp3) is 0.316. The summed E-state index contributed by atoms with van der Waals surface area (Å²) < 4.78 is 26.6. The van der Waals surface area contributed by atoms with Crippen molar-refractivity contribution in [3.05, 3.63) is 59.7 Å². The Labute approximate surface area is 149 Å². The van der Waals surface area contributed by atoms with Crippen LogP contribution in [0.15, 0.2) is 53.4 Å². The molecule has 0 saturated carbocycles. The topological polar surface area (TPSA) is 66.5 Å². The minimum absolute atomic E-state index is 0.0942. The fourth-order valence-corrected chi connectivity index (χ4v) is 3.43. The Kier molecular flexibility index (Phi) is 5.85. The molecule has 0 spiro atoms. The van der Waals surface area contributed by atoms with Crippen molar-refractivity contribution in [3.8, 4) is 0 Å². The van der Waals surface area contributed by atoms with Gasteiger partial charge in [0.25, 0.3) is 15.9 Å². The van der Waals surface area contributed by atoms with Gasteiger partial charge in [0.1, 0.15) is 0 Å². The second kappa shape index (κ2) is 7.70.